The lowest BCUT2D eigenvalue weighted by Gasteiger charge is -2.40. The maximum absolute atomic E-state index is 13.4. The SMILES string of the molecule is CCC(CC(C)(CC(C)(CC(C)(C)C(=O)OCCOC)C(=O)O)C(=O)NCCCNC(=O)CCl)C(N)=O. The molecule has 11 nitrogen and oxygen atoms in total. The molecule has 0 rings (SSSR count). The van der Waals surface area contributed by atoms with Gasteiger partial charge in [0.25, 0.3) is 0 Å². The fourth-order valence-corrected chi connectivity index (χ4v) is 4.64. The van der Waals surface area contributed by atoms with Crippen LogP contribution in [-0.2, 0) is 33.4 Å². The number of aliphatic carboxylic acids is 1. The van der Waals surface area contributed by atoms with E-state index >= 15 is 0 Å². The molecule has 0 aromatic rings. The predicted molar refractivity (Wildman–Crippen MR) is 139 cm³/mol. The highest BCUT2D eigenvalue weighted by molar-refractivity contribution is 6.27. The van der Waals surface area contributed by atoms with Crippen LogP contribution in [0.3, 0.4) is 0 Å². The van der Waals surface area contributed by atoms with Crippen molar-refractivity contribution >= 4 is 41.3 Å². The molecule has 5 N–H and O–H groups in total. The van der Waals surface area contributed by atoms with Crippen molar-refractivity contribution in [2.45, 2.75) is 66.7 Å². The summed E-state index contributed by atoms with van der Waals surface area (Å²) < 4.78 is 10.1. The zero-order valence-electron chi connectivity index (χ0n) is 22.9. The van der Waals surface area contributed by atoms with Crippen molar-refractivity contribution in [2.24, 2.45) is 27.9 Å². The topological polar surface area (TPSA) is 174 Å². The van der Waals surface area contributed by atoms with E-state index < -0.39 is 45.9 Å². The standard InChI is InChI=1S/C25H44ClN3O8/c1-7-17(19(27)31)13-24(4,20(32)29-10-8-9-28-18(30)14-26)16-25(5,21(33)34)15-23(2,3)22(35)37-12-11-36-6/h17H,7-16H2,1-6H3,(H2,27,31)(H,28,30)(H,29,32)(H,33,34). The molecular formula is C25H44ClN3O8. The van der Waals surface area contributed by atoms with Crippen LogP contribution >= 0.6 is 11.6 Å². The maximum atomic E-state index is 13.4. The van der Waals surface area contributed by atoms with Gasteiger partial charge in [0.05, 0.1) is 17.4 Å². The van der Waals surface area contributed by atoms with Crippen LogP contribution in [0.5, 0.6) is 0 Å². The summed E-state index contributed by atoms with van der Waals surface area (Å²) in [5.41, 5.74) is 1.57. The van der Waals surface area contributed by atoms with E-state index in [1.165, 1.54) is 14.0 Å². The normalized spacial score (nSPS) is 15.5. The third kappa shape index (κ3) is 11.7. The number of hydrogen-bond donors (Lipinski definition) is 4. The highest BCUT2D eigenvalue weighted by atomic mass is 35.5. The first kappa shape index (κ1) is 34.6. The summed E-state index contributed by atoms with van der Waals surface area (Å²) in [4.78, 5) is 61.9. The van der Waals surface area contributed by atoms with Gasteiger partial charge in [-0.3, -0.25) is 24.0 Å². The molecule has 0 saturated heterocycles. The number of halogens is 1. The Morgan fingerprint density at radius 1 is 0.973 bits per heavy atom. The highest BCUT2D eigenvalue weighted by Crippen LogP contribution is 2.46. The Bertz CT molecular complexity index is 807. The Kier molecular flexibility index (Phi) is 14.7. The summed E-state index contributed by atoms with van der Waals surface area (Å²) in [7, 11) is 1.47. The van der Waals surface area contributed by atoms with Crippen molar-refractivity contribution in [3.63, 3.8) is 0 Å². The van der Waals surface area contributed by atoms with E-state index in [-0.39, 0.29) is 50.8 Å². The number of carbonyl (C=O) groups excluding carboxylic acids is 4. The van der Waals surface area contributed by atoms with Crippen LogP contribution in [0.1, 0.15) is 66.7 Å². The summed E-state index contributed by atoms with van der Waals surface area (Å²) >= 11 is 5.44. The van der Waals surface area contributed by atoms with Gasteiger partial charge in [-0.15, -0.1) is 11.6 Å². The number of primary amides is 1. The second kappa shape index (κ2) is 15.8. The smallest absolute Gasteiger partial charge is 0.311 e. The summed E-state index contributed by atoms with van der Waals surface area (Å²) in [6.07, 6.45) is 0.581. The summed E-state index contributed by atoms with van der Waals surface area (Å²) in [5, 5.41) is 15.6. The fourth-order valence-electron chi connectivity index (χ4n) is 4.55. The monoisotopic (exact) mass is 549 g/mol. The van der Waals surface area contributed by atoms with Gasteiger partial charge in [-0.2, -0.15) is 0 Å². The van der Waals surface area contributed by atoms with Gasteiger partial charge in [0.2, 0.25) is 17.7 Å². The van der Waals surface area contributed by atoms with Gasteiger partial charge in [-0.25, -0.2) is 0 Å². The van der Waals surface area contributed by atoms with Crippen molar-refractivity contribution in [1.29, 1.82) is 0 Å². The lowest BCUT2D eigenvalue weighted by molar-refractivity contribution is -0.162. The van der Waals surface area contributed by atoms with E-state index in [2.05, 4.69) is 10.6 Å². The number of alkyl halides is 1. The average molecular weight is 550 g/mol. The average Bonchev–Trinajstić information content (AvgIpc) is 2.81. The molecule has 3 atom stereocenters. The molecule has 12 heteroatoms. The van der Waals surface area contributed by atoms with Gasteiger partial charge >= 0.3 is 11.9 Å². The zero-order chi connectivity index (χ0) is 28.9. The van der Waals surface area contributed by atoms with Gasteiger partial charge in [0, 0.05) is 31.5 Å². The van der Waals surface area contributed by atoms with Crippen LogP contribution in [0.4, 0.5) is 0 Å². The molecule has 0 aliphatic heterocycles. The van der Waals surface area contributed by atoms with Crippen LogP contribution in [-0.4, -0.2) is 74.1 Å². The third-order valence-electron chi connectivity index (χ3n) is 6.42. The van der Waals surface area contributed by atoms with Gasteiger partial charge < -0.3 is 30.9 Å². The first-order chi connectivity index (χ1) is 17.1. The number of ether oxygens (including phenoxy) is 2. The number of carboxylic acid groups (broad SMARTS) is 1. The Balaban J connectivity index is 5.86. The van der Waals surface area contributed by atoms with E-state index in [9.17, 15) is 29.1 Å². The van der Waals surface area contributed by atoms with Crippen molar-refractivity contribution in [3.05, 3.63) is 0 Å². The second-order valence-corrected chi connectivity index (χ2v) is 10.9. The van der Waals surface area contributed by atoms with E-state index in [1.54, 1.807) is 27.7 Å². The molecule has 0 aliphatic rings. The van der Waals surface area contributed by atoms with E-state index in [4.69, 9.17) is 26.8 Å². The molecule has 3 unspecified atom stereocenters. The Labute approximate surface area is 224 Å². The van der Waals surface area contributed by atoms with Crippen LogP contribution in [0.15, 0.2) is 0 Å². The number of carboxylic acids is 1. The Morgan fingerprint density at radius 3 is 2.05 bits per heavy atom. The van der Waals surface area contributed by atoms with Crippen molar-refractivity contribution in [1.82, 2.24) is 10.6 Å². The number of nitrogens with one attached hydrogen (secondary N) is 2. The van der Waals surface area contributed by atoms with Crippen molar-refractivity contribution in [3.8, 4) is 0 Å². The van der Waals surface area contributed by atoms with E-state index in [0.29, 0.717) is 19.4 Å². The number of hydrogen-bond acceptors (Lipinski definition) is 7. The summed E-state index contributed by atoms with van der Waals surface area (Å²) in [5.74, 6) is -3.92. The fraction of sp³-hybridized carbons (Fsp3) is 0.800. The lowest BCUT2D eigenvalue weighted by atomic mass is 9.63. The Morgan fingerprint density at radius 2 is 1.57 bits per heavy atom. The zero-order valence-corrected chi connectivity index (χ0v) is 23.7. The molecular weight excluding hydrogens is 506 g/mol. The minimum Gasteiger partial charge on any atom is -0.481 e. The van der Waals surface area contributed by atoms with Crippen molar-refractivity contribution < 1.29 is 38.6 Å². The van der Waals surface area contributed by atoms with E-state index in [0.717, 1.165) is 0 Å². The molecule has 0 fully saturated rings. The Hall–Kier alpha value is -2.40. The molecule has 0 radical (unpaired) electrons. The van der Waals surface area contributed by atoms with Crippen LogP contribution in [0, 0.1) is 22.2 Å². The van der Waals surface area contributed by atoms with E-state index in [1.807, 2.05) is 0 Å². The van der Waals surface area contributed by atoms with Gasteiger partial charge in [-0.05, 0) is 52.9 Å². The van der Waals surface area contributed by atoms with Crippen LogP contribution < -0.4 is 16.4 Å². The molecule has 37 heavy (non-hydrogen) atoms. The minimum atomic E-state index is -1.51. The molecule has 3 amide bonds. The lowest BCUT2D eigenvalue weighted by Crippen LogP contribution is -2.48. The largest absolute Gasteiger partial charge is 0.481 e. The van der Waals surface area contributed by atoms with Crippen molar-refractivity contribution in [2.75, 3.05) is 39.3 Å². The maximum Gasteiger partial charge on any atom is 0.311 e. The van der Waals surface area contributed by atoms with Gasteiger partial charge in [-0.1, -0.05) is 13.8 Å². The van der Waals surface area contributed by atoms with Gasteiger partial charge in [0.1, 0.15) is 12.5 Å². The molecule has 0 aromatic carbocycles. The van der Waals surface area contributed by atoms with Crippen LogP contribution in [0.25, 0.3) is 0 Å². The number of carbonyl (C=O) groups is 5. The van der Waals surface area contributed by atoms with Gasteiger partial charge in [0.15, 0.2) is 0 Å². The van der Waals surface area contributed by atoms with Crippen LogP contribution in [0.2, 0.25) is 0 Å². The molecule has 0 spiro atoms. The highest BCUT2D eigenvalue weighted by Gasteiger charge is 2.49. The number of nitrogens with two attached hydrogens (primary N) is 1. The molecule has 0 aliphatic carbocycles. The molecule has 0 bridgehead atoms. The third-order valence-corrected chi connectivity index (χ3v) is 6.67. The molecule has 0 heterocycles. The summed E-state index contributed by atoms with van der Waals surface area (Å²) in [6.45, 7) is 8.79. The molecule has 0 aromatic heterocycles. The molecule has 214 valence electrons. The predicted octanol–water partition coefficient (Wildman–Crippen LogP) is 1.84. The first-order valence-corrected chi connectivity index (χ1v) is 12.9. The second-order valence-electron chi connectivity index (χ2n) is 10.6. The number of amides is 3. The number of rotatable bonds is 19. The first-order valence-electron chi connectivity index (χ1n) is 12.4. The number of esters is 1. The number of methoxy groups -OCH3 is 1. The molecule has 0 saturated carbocycles. The minimum absolute atomic E-state index is 0.0325. The quantitative estimate of drug-likeness (QED) is 0.107. The summed E-state index contributed by atoms with van der Waals surface area (Å²) in [6, 6.07) is 0.